The fourth-order valence-electron chi connectivity index (χ4n) is 1.59. The molecule has 0 bridgehead atoms. The zero-order valence-electron chi connectivity index (χ0n) is 10.6. The normalized spacial score (nSPS) is 10.2. The van der Waals surface area contributed by atoms with Gasteiger partial charge in [-0.05, 0) is 19.4 Å². The average molecular weight is 251 g/mol. The van der Waals surface area contributed by atoms with Crippen LogP contribution in [0.4, 0.5) is 0 Å². The van der Waals surface area contributed by atoms with Gasteiger partial charge in [-0.25, -0.2) is 5.10 Å². The molecule has 0 aliphatic rings. The number of aromatic nitrogens is 2. The molecule has 0 fully saturated rings. The van der Waals surface area contributed by atoms with Crippen LogP contribution >= 0.6 is 0 Å². The minimum atomic E-state index is -0.518. The van der Waals surface area contributed by atoms with Crippen molar-refractivity contribution >= 4 is 5.91 Å². The fourth-order valence-corrected chi connectivity index (χ4v) is 1.59. The molecule has 98 valence electrons. The minimum absolute atomic E-state index is 0.0674. The monoisotopic (exact) mass is 251 g/mol. The van der Waals surface area contributed by atoms with Crippen LogP contribution in [0.5, 0.6) is 0 Å². The SMILES string of the molecule is C=CCN(CCO)C(=O)c1c(C)c(C)n[nH]c1=O. The third kappa shape index (κ3) is 2.84. The van der Waals surface area contributed by atoms with Crippen LogP contribution in [0.25, 0.3) is 0 Å². The highest BCUT2D eigenvalue weighted by Crippen LogP contribution is 2.08. The summed E-state index contributed by atoms with van der Waals surface area (Å²) in [4.78, 5) is 25.3. The number of aryl methyl sites for hydroxylation is 1. The maximum Gasteiger partial charge on any atom is 0.277 e. The molecule has 0 saturated carbocycles. The van der Waals surface area contributed by atoms with Crippen LogP contribution in [0.15, 0.2) is 17.4 Å². The molecule has 0 spiro atoms. The highest BCUT2D eigenvalue weighted by Gasteiger charge is 2.21. The van der Waals surface area contributed by atoms with Gasteiger partial charge in [-0.2, -0.15) is 5.10 Å². The number of nitrogens with zero attached hydrogens (tertiary/aromatic N) is 2. The van der Waals surface area contributed by atoms with Gasteiger partial charge in [0.05, 0.1) is 12.3 Å². The maximum absolute atomic E-state index is 12.2. The molecule has 6 nitrogen and oxygen atoms in total. The van der Waals surface area contributed by atoms with Crippen molar-refractivity contribution < 1.29 is 9.90 Å². The van der Waals surface area contributed by atoms with Gasteiger partial charge in [0.2, 0.25) is 0 Å². The van der Waals surface area contributed by atoms with E-state index >= 15 is 0 Å². The lowest BCUT2D eigenvalue weighted by Gasteiger charge is -2.20. The Balaban J connectivity index is 3.20. The predicted octanol–water partition coefficient (Wildman–Crippen LogP) is 0.00724. The molecule has 0 atom stereocenters. The number of carbonyl (C=O) groups excluding carboxylic acids is 1. The van der Waals surface area contributed by atoms with Crippen LogP contribution < -0.4 is 5.56 Å². The van der Waals surface area contributed by atoms with Crippen molar-refractivity contribution in [2.24, 2.45) is 0 Å². The fraction of sp³-hybridized carbons (Fsp3) is 0.417. The van der Waals surface area contributed by atoms with E-state index in [9.17, 15) is 9.59 Å². The molecule has 0 aliphatic heterocycles. The van der Waals surface area contributed by atoms with Gasteiger partial charge in [-0.1, -0.05) is 6.08 Å². The Morgan fingerprint density at radius 3 is 2.78 bits per heavy atom. The number of aliphatic hydroxyl groups is 1. The summed E-state index contributed by atoms with van der Waals surface area (Å²) in [6, 6.07) is 0. The molecule has 1 amide bonds. The number of aliphatic hydroxyl groups excluding tert-OH is 1. The summed E-state index contributed by atoms with van der Waals surface area (Å²) in [6.45, 7) is 7.21. The summed E-state index contributed by atoms with van der Waals surface area (Å²) in [5.41, 5.74) is 0.698. The molecule has 6 heteroatoms. The molecule has 1 aromatic rings. The number of hydrogen-bond donors (Lipinski definition) is 2. The number of hydrogen-bond acceptors (Lipinski definition) is 4. The van der Waals surface area contributed by atoms with Gasteiger partial charge < -0.3 is 10.0 Å². The van der Waals surface area contributed by atoms with Crippen LogP contribution in [-0.4, -0.2) is 45.8 Å². The van der Waals surface area contributed by atoms with E-state index in [1.807, 2.05) is 0 Å². The quantitative estimate of drug-likeness (QED) is 0.722. The second-order valence-corrected chi connectivity index (χ2v) is 3.90. The molecule has 1 aromatic heterocycles. The molecule has 0 radical (unpaired) electrons. The molecular formula is C12H17N3O3. The average Bonchev–Trinajstić information content (AvgIpc) is 2.34. The zero-order chi connectivity index (χ0) is 13.7. The first-order valence-electron chi connectivity index (χ1n) is 5.59. The van der Waals surface area contributed by atoms with Crippen LogP contribution in [0.3, 0.4) is 0 Å². The van der Waals surface area contributed by atoms with E-state index in [-0.39, 0.29) is 25.3 Å². The van der Waals surface area contributed by atoms with Crippen molar-refractivity contribution in [1.29, 1.82) is 0 Å². The van der Waals surface area contributed by atoms with Crippen molar-refractivity contribution in [3.63, 3.8) is 0 Å². The van der Waals surface area contributed by atoms with Crippen LogP contribution in [-0.2, 0) is 0 Å². The van der Waals surface area contributed by atoms with E-state index in [0.29, 0.717) is 11.3 Å². The van der Waals surface area contributed by atoms with Crippen molar-refractivity contribution in [3.05, 3.63) is 39.8 Å². The topological polar surface area (TPSA) is 86.3 Å². The lowest BCUT2D eigenvalue weighted by atomic mass is 10.1. The van der Waals surface area contributed by atoms with Gasteiger partial charge in [0.15, 0.2) is 0 Å². The van der Waals surface area contributed by atoms with Gasteiger partial charge in [-0.15, -0.1) is 6.58 Å². The van der Waals surface area contributed by atoms with Gasteiger partial charge in [0.1, 0.15) is 5.56 Å². The van der Waals surface area contributed by atoms with Gasteiger partial charge >= 0.3 is 0 Å². The van der Waals surface area contributed by atoms with Crippen LogP contribution in [0.1, 0.15) is 21.6 Å². The summed E-state index contributed by atoms with van der Waals surface area (Å²) in [5, 5.41) is 15.0. The summed E-state index contributed by atoms with van der Waals surface area (Å²) >= 11 is 0. The first kappa shape index (κ1) is 14.1. The van der Waals surface area contributed by atoms with E-state index < -0.39 is 11.5 Å². The maximum atomic E-state index is 12.2. The smallest absolute Gasteiger partial charge is 0.277 e. The largest absolute Gasteiger partial charge is 0.395 e. The Kier molecular flexibility index (Phi) is 4.79. The molecule has 0 unspecified atom stereocenters. The standard InChI is InChI=1S/C12H17N3O3/c1-4-5-15(6-7-16)12(18)10-8(2)9(3)13-14-11(10)17/h4,16H,1,5-7H2,2-3H3,(H,14,17). The van der Waals surface area contributed by atoms with E-state index in [4.69, 9.17) is 5.11 Å². The number of amides is 1. The summed E-state index contributed by atoms with van der Waals surface area (Å²) in [5.74, 6) is -0.423. The molecule has 18 heavy (non-hydrogen) atoms. The summed E-state index contributed by atoms with van der Waals surface area (Å²) in [6.07, 6.45) is 1.55. The molecule has 1 rings (SSSR count). The van der Waals surface area contributed by atoms with Crippen LogP contribution in [0, 0.1) is 13.8 Å². The number of rotatable bonds is 5. The Morgan fingerprint density at radius 1 is 1.56 bits per heavy atom. The lowest BCUT2D eigenvalue weighted by molar-refractivity contribution is 0.0740. The molecule has 0 aromatic carbocycles. The second-order valence-electron chi connectivity index (χ2n) is 3.90. The number of H-pyrrole nitrogens is 1. The van der Waals surface area contributed by atoms with Crippen molar-refractivity contribution in [2.45, 2.75) is 13.8 Å². The van der Waals surface area contributed by atoms with Crippen molar-refractivity contribution in [2.75, 3.05) is 19.7 Å². The van der Waals surface area contributed by atoms with Crippen molar-refractivity contribution in [3.8, 4) is 0 Å². The zero-order valence-corrected chi connectivity index (χ0v) is 10.6. The third-order valence-electron chi connectivity index (χ3n) is 2.69. The highest BCUT2D eigenvalue weighted by atomic mass is 16.3. The highest BCUT2D eigenvalue weighted by molar-refractivity contribution is 5.95. The van der Waals surface area contributed by atoms with Gasteiger partial charge in [-0.3, -0.25) is 9.59 Å². The van der Waals surface area contributed by atoms with Gasteiger partial charge in [0.25, 0.3) is 11.5 Å². The van der Waals surface area contributed by atoms with Crippen LogP contribution in [0.2, 0.25) is 0 Å². The number of carbonyl (C=O) groups is 1. The van der Waals surface area contributed by atoms with E-state index in [1.165, 1.54) is 4.90 Å². The van der Waals surface area contributed by atoms with Crippen molar-refractivity contribution in [1.82, 2.24) is 15.1 Å². The molecule has 0 saturated heterocycles. The Bertz CT molecular complexity index is 508. The number of nitrogens with one attached hydrogen (secondary N) is 1. The van der Waals surface area contributed by atoms with E-state index in [0.717, 1.165) is 0 Å². The summed E-state index contributed by atoms with van der Waals surface area (Å²) < 4.78 is 0. The molecule has 2 N–H and O–H groups in total. The molecular weight excluding hydrogens is 234 g/mol. The Labute approximate surface area is 105 Å². The lowest BCUT2D eigenvalue weighted by Crippen LogP contribution is -2.38. The first-order valence-corrected chi connectivity index (χ1v) is 5.59. The molecule has 0 aliphatic carbocycles. The first-order chi connectivity index (χ1) is 8.52. The summed E-state index contributed by atoms with van der Waals surface area (Å²) in [7, 11) is 0. The van der Waals surface area contributed by atoms with Gasteiger partial charge in [0, 0.05) is 13.1 Å². The molecule has 1 heterocycles. The van der Waals surface area contributed by atoms with E-state index in [1.54, 1.807) is 19.9 Å². The Morgan fingerprint density at radius 2 is 2.22 bits per heavy atom. The second kappa shape index (κ2) is 6.11. The third-order valence-corrected chi connectivity index (χ3v) is 2.69. The van der Waals surface area contributed by atoms with E-state index in [2.05, 4.69) is 16.8 Å². The Hall–Kier alpha value is -1.95. The predicted molar refractivity (Wildman–Crippen MR) is 67.5 cm³/mol. The number of aromatic amines is 1. The minimum Gasteiger partial charge on any atom is -0.395 e.